The molecule has 2 rings (SSSR count). The van der Waals surface area contributed by atoms with E-state index in [0.29, 0.717) is 13.1 Å². The lowest BCUT2D eigenvalue weighted by molar-refractivity contribution is -0.126. The molecule has 1 atom stereocenters. The highest BCUT2D eigenvalue weighted by Crippen LogP contribution is 2.17. The van der Waals surface area contributed by atoms with E-state index in [4.69, 9.17) is 5.73 Å². The summed E-state index contributed by atoms with van der Waals surface area (Å²) < 4.78 is 1.98. The van der Waals surface area contributed by atoms with Gasteiger partial charge in [-0.2, -0.15) is 0 Å². The molecular weight excluding hydrogens is 323 g/mol. The number of nitrogens with one attached hydrogen (secondary N) is 1. The highest BCUT2D eigenvalue weighted by Gasteiger charge is 2.29. The smallest absolute Gasteiger partial charge is 0.244 e. The van der Waals surface area contributed by atoms with E-state index in [-0.39, 0.29) is 30.7 Å². The van der Waals surface area contributed by atoms with Gasteiger partial charge in [0.15, 0.2) is 0 Å². The first-order valence-corrected chi connectivity index (χ1v) is 6.62. The topological polar surface area (TPSA) is 72.9 Å². The third kappa shape index (κ3) is 4.73. The molecule has 7 heteroatoms. The van der Waals surface area contributed by atoms with E-state index in [0.717, 1.165) is 11.4 Å². The van der Waals surface area contributed by atoms with E-state index < -0.39 is 5.54 Å². The van der Waals surface area contributed by atoms with Crippen LogP contribution in [-0.4, -0.2) is 22.0 Å². The third-order valence-corrected chi connectivity index (χ3v) is 3.41. The number of nitrogens with zero attached hydrogens (tertiary/aromatic N) is 2. The van der Waals surface area contributed by atoms with Crippen molar-refractivity contribution in [3.8, 4) is 0 Å². The summed E-state index contributed by atoms with van der Waals surface area (Å²) in [5.41, 5.74) is 5.92. The number of rotatable bonds is 5. The zero-order valence-corrected chi connectivity index (χ0v) is 14.3. The molecule has 1 aromatic heterocycles. The standard InChI is InChI=1S/C15H20N4O.2ClH/c1-12-17-8-10-19(12)11-9-18-14(20)15(2,16)13-6-4-3-5-7-13;;/h3-8,10H,9,11,16H2,1-2H3,(H,18,20);2*1H. The van der Waals surface area contributed by atoms with Crippen molar-refractivity contribution in [3.05, 3.63) is 54.1 Å². The van der Waals surface area contributed by atoms with E-state index in [9.17, 15) is 4.79 Å². The molecule has 1 unspecified atom stereocenters. The Balaban J connectivity index is 0.00000220. The highest BCUT2D eigenvalue weighted by atomic mass is 35.5. The van der Waals surface area contributed by atoms with Crippen molar-refractivity contribution < 1.29 is 4.79 Å². The minimum absolute atomic E-state index is 0. The van der Waals surface area contributed by atoms with Crippen molar-refractivity contribution in [1.29, 1.82) is 0 Å². The molecule has 0 aliphatic rings. The number of hydrogen-bond donors (Lipinski definition) is 2. The summed E-state index contributed by atoms with van der Waals surface area (Å²) in [5.74, 6) is 0.749. The van der Waals surface area contributed by atoms with Gasteiger partial charge in [0.25, 0.3) is 0 Å². The fraction of sp³-hybridized carbons (Fsp3) is 0.333. The predicted molar refractivity (Wildman–Crippen MR) is 92.5 cm³/mol. The molecule has 0 saturated heterocycles. The number of benzene rings is 1. The van der Waals surface area contributed by atoms with Crippen LogP contribution < -0.4 is 11.1 Å². The van der Waals surface area contributed by atoms with Crippen LogP contribution in [0.4, 0.5) is 0 Å². The molecule has 1 amide bonds. The van der Waals surface area contributed by atoms with Crippen LogP contribution in [0.25, 0.3) is 0 Å². The van der Waals surface area contributed by atoms with E-state index in [1.165, 1.54) is 0 Å². The summed E-state index contributed by atoms with van der Waals surface area (Å²) in [7, 11) is 0. The van der Waals surface area contributed by atoms with Crippen LogP contribution in [0.15, 0.2) is 42.7 Å². The van der Waals surface area contributed by atoms with Crippen LogP contribution in [0.3, 0.4) is 0 Å². The van der Waals surface area contributed by atoms with Crippen LogP contribution >= 0.6 is 24.8 Å². The van der Waals surface area contributed by atoms with Gasteiger partial charge in [-0.05, 0) is 19.4 Å². The van der Waals surface area contributed by atoms with Gasteiger partial charge in [0.2, 0.25) is 5.91 Å². The van der Waals surface area contributed by atoms with E-state index in [1.807, 2.05) is 48.0 Å². The minimum atomic E-state index is -1.02. The zero-order valence-electron chi connectivity index (χ0n) is 12.7. The Morgan fingerprint density at radius 3 is 2.50 bits per heavy atom. The van der Waals surface area contributed by atoms with Gasteiger partial charge in [0, 0.05) is 25.5 Å². The molecule has 3 N–H and O–H groups in total. The van der Waals surface area contributed by atoms with Crippen molar-refractivity contribution in [2.45, 2.75) is 25.9 Å². The molecule has 0 aliphatic heterocycles. The van der Waals surface area contributed by atoms with Gasteiger partial charge in [-0.15, -0.1) is 24.8 Å². The lowest BCUT2D eigenvalue weighted by Crippen LogP contribution is -2.49. The Morgan fingerprint density at radius 1 is 1.32 bits per heavy atom. The van der Waals surface area contributed by atoms with E-state index >= 15 is 0 Å². The van der Waals surface area contributed by atoms with Crippen LogP contribution in [-0.2, 0) is 16.9 Å². The largest absolute Gasteiger partial charge is 0.352 e. The summed E-state index contributed by atoms with van der Waals surface area (Å²) >= 11 is 0. The summed E-state index contributed by atoms with van der Waals surface area (Å²) in [4.78, 5) is 16.4. The first kappa shape index (κ1) is 20.4. The van der Waals surface area contributed by atoms with Crippen molar-refractivity contribution >= 4 is 30.7 Å². The number of nitrogens with two attached hydrogens (primary N) is 1. The summed E-state index contributed by atoms with van der Waals surface area (Å²) in [6, 6.07) is 9.38. The monoisotopic (exact) mass is 344 g/mol. The first-order chi connectivity index (χ1) is 9.51. The Kier molecular flexibility index (Phi) is 8.16. The molecule has 0 spiro atoms. The van der Waals surface area contributed by atoms with Gasteiger partial charge in [0.1, 0.15) is 11.4 Å². The number of imidazole rings is 1. The molecule has 0 bridgehead atoms. The van der Waals surface area contributed by atoms with Gasteiger partial charge in [-0.3, -0.25) is 4.79 Å². The average Bonchev–Trinajstić information content (AvgIpc) is 2.85. The van der Waals surface area contributed by atoms with Gasteiger partial charge < -0.3 is 15.6 Å². The van der Waals surface area contributed by atoms with Crippen molar-refractivity contribution in [3.63, 3.8) is 0 Å². The number of halogens is 2. The summed E-state index contributed by atoms with van der Waals surface area (Å²) in [5, 5.41) is 2.87. The van der Waals surface area contributed by atoms with Crippen molar-refractivity contribution in [2.75, 3.05) is 6.54 Å². The predicted octanol–water partition coefficient (Wildman–Crippen LogP) is 2.03. The van der Waals surface area contributed by atoms with E-state index in [2.05, 4.69) is 10.3 Å². The van der Waals surface area contributed by atoms with E-state index in [1.54, 1.807) is 13.1 Å². The Bertz CT molecular complexity index is 584. The second-order valence-electron chi connectivity index (χ2n) is 4.99. The zero-order chi connectivity index (χ0) is 14.6. The Morgan fingerprint density at radius 2 is 1.95 bits per heavy atom. The SMILES string of the molecule is Cc1nccn1CCNC(=O)C(C)(N)c1ccccc1.Cl.Cl. The molecule has 1 heterocycles. The molecule has 2 aromatic rings. The maximum atomic E-state index is 12.2. The molecule has 0 saturated carbocycles. The fourth-order valence-electron chi connectivity index (χ4n) is 2.03. The quantitative estimate of drug-likeness (QED) is 0.871. The summed E-state index contributed by atoms with van der Waals surface area (Å²) in [6.07, 6.45) is 3.63. The van der Waals surface area contributed by atoms with Crippen molar-refractivity contribution in [1.82, 2.24) is 14.9 Å². The van der Waals surface area contributed by atoms with Crippen LogP contribution in [0.1, 0.15) is 18.3 Å². The Hall–Kier alpha value is -1.56. The average molecular weight is 345 g/mol. The lowest BCUT2D eigenvalue weighted by atomic mass is 9.92. The number of aromatic nitrogens is 2. The van der Waals surface area contributed by atoms with Gasteiger partial charge >= 0.3 is 0 Å². The fourth-order valence-corrected chi connectivity index (χ4v) is 2.03. The first-order valence-electron chi connectivity index (χ1n) is 6.62. The van der Waals surface area contributed by atoms with Crippen LogP contribution in [0, 0.1) is 6.92 Å². The van der Waals surface area contributed by atoms with Gasteiger partial charge in [0.05, 0.1) is 0 Å². The lowest BCUT2D eigenvalue weighted by Gasteiger charge is -2.24. The normalized spacial score (nSPS) is 12.5. The number of carbonyl (C=O) groups is 1. The molecule has 5 nitrogen and oxygen atoms in total. The maximum absolute atomic E-state index is 12.2. The van der Waals surface area contributed by atoms with Gasteiger partial charge in [-0.1, -0.05) is 30.3 Å². The second-order valence-corrected chi connectivity index (χ2v) is 4.99. The minimum Gasteiger partial charge on any atom is -0.352 e. The molecule has 122 valence electrons. The molecule has 22 heavy (non-hydrogen) atoms. The maximum Gasteiger partial charge on any atom is 0.244 e. The molecule has 1 aromatic carbocycles. The molecule has 0 aliphatic carbocycles. The molecule has 0 fully saturated rings. The molecule has 0 radical (unpaired) electrons. The Labute approximate surface area is 143 Å². The van der Waals surface area contributed by atoms with Crippen LogP contribution in [0.5, 0.6) is 0 Å². The number of amides is 1. The van der Waals surface area contributed by atoms with Gasteiger partial charge in [-0.25, -0.2) is 4.98 Å². The number of aryl methyl sites for hydroxylation is 1. The van der Waals surface area contributed by atoms with Crippen LogP contribution in [0.2, 0.25) is 0 Å². The second kappa shape index (κ2) is 8.78. The highest BCUT2D eigenvalue weighted by molar-refractivity contribution is 5.87. The molecular formula is C15H22Cl2N4O. The summed E-state index contributed by atoms with van der Waals surface area (Å²) in [6.45, 7) is 4.86. The number of hydrogen-bond acceptors (Lipinski definition) is 3. The van der Waals surface area contributed by atoms with Crippen molar-refractivity contribution in [2.24, 2.45) is 5.73 Å². The number of carbonyl (C=O) groups excluding carboxylic acids is 1. The third-order valence-electron chi connectivity index (χ3n) is 3.41.